The number of Topliss-reactive ketones (excluding diaryl/α,β-unsaturated/α-hetero) is 1. The highest BCUT2D eigenvalue weighted by Crippen LogP contribution is 2.39. The number of nitrogens with zero attached hydrogens (tertiary/aromatic N) is 1. The second-order valence-corrected chi connectivity index (χ2v) is 7.57. The van der Waals surface area contributed by atoms with Crippen molar-refractivity contribution in [1.82, 2.24) is 9.97 Å². The Kier molecular flexibility index (Phi) is 6.71. The molecule has 4 nitrogen and oxygen atoms in total. The molecule has 0 aliphatic carbocycles. The molecule has 0 saturated heterocycles. The quantitative estimate of drug-likeness (QED) is 0.430. The molecular weight excluding hydrogens is 481 g/mol. The molecule has 0 bridgehead atoms. The Morgan fingerprint density at radius 1 is 0.912 bits per heavy atom. The minimum absolute atomic E-state index is 0.0386. The lowest BCUT2D eigenvalue weighted by atomic mass is 9.99. The molecule has 0 spiro atoms. The number of carbonyl (C=O) groups is 1. The summed E-state index contributed by atoms with van der Waals surface area (Å²) >= 11 is 0. The lowest BCUT2D eigenvalue weighted by Crippen LogP contribution is -2.33. The molecule has 34 heavy (non-hydrogen) atoms. The molecule has 0 saturated carbocycles. The Morgan fingerprint density at radius 2 is 1.56 bits per heavy atom. The maximum atomic E-state index is 13.3. The SMILES string of the molecule is N[C@H](Cc1cccc(C(F)(F)F)c1)C(=O)CCc1nc2c(C(F)(F)F)cc(C(F)(F)F)cc2[nH]1. The number of rotatable bonds is 6. The minimum atomic E-state index is -5.10. The fraction of sp³-hybridized carbons (Fsp3) is 0.333. The van der Waals surface area contributed by atoms with Gasteiger partial charge in [0.25, 0.3) is 0 Å². The normalized spacial score (nSPS) is 13.9. The van der Waals surface area contributed by atoms with Gasteiger partial charge in [0.1, 0.15) is 17.1 Å². The van der Waals surface area contributed by atoms with Crippen LogP contribution in [0.25, 0.3) is 11.0 Å². The van der Waals surface area contributed by atoms with Crippen LogP contribution >= 0.6 is 0 Å². The number of alkyl halides is 9. The molecule has 3 aromatic rings. The summed E-state index contributed by atoms with van der Waals surface area (Å²) < 4.78 is 117. The number of nitrogens with two attached hydrogens (primary N) is 1. The first kappa shape index (κ1) is 25.5. The number of H-pyrrole nitrogens is 1. The molecule has 3 N–H and O–H groups in total. The van der Waals surface area contributed by atoms with Crippen LogP contribution in [0.2, 0.25) is 0 Å². The second-order valence-electron chi connectivity index (χ2n) is 7.57. The molecular formula is C21H16F9N3O. The van der Waals surface area contributed by atoms with Gasteiger partial charge in [0.15, 0.2) is 0 Å². The van der Waals surface area contributed by atoms with Crippen molar-refractivity contribution in [3.05, 3.63) is 64.5 Å². The summed E-state index contributed by atoms with van der Waals surface area (Å²) in [6.07, 6.45) is -15.5. The zero-order valence-electron chi connectivity index (χ0n) is 17.0. The molecule has 2 aromatic carbocycles. The molecule has 13 heteroatoms. The summed E-state index contributed by atoms with van der Waals surface area (Å²) in [4.78, 5) is 18.4. The smallest absolute Gasteiger partial charge is 0.342 e. The number of ketones is 1. The molecule has 3 rings (SSSR count). The van der Waals surface area contributed by atoms with Gasteiger partial charge in [-0.3, -0.25) is 4.79 Å². The zero-order chi connectivity index (χ0) is 25.5. The summed E-state index contributed by atoms with van der Waals surface area (Å²) in [5.74, 6) is -0.774. The van der Waals surface area contributed by atoms with E-state index in [9.17, 15) is 44.3 Å². The summed E-state index contributed by atoms with van der Waals surface area (Å²) in [6.45, 7) is 0. The van der Waals surface area contributed by atoms with Crippen molar-refractivity contribution in [2.75, 3.05) is 0 Å². The number of benzene rings is 2. The van der Waals surface area contributed by atoms with Crippen LogP contribution < -0.4 is 5.73 Å². The minimum Gasteiger partial charge on any atom is -0.342 e. The Hall–Kier alpha value is -3.09. The van der Waals surface area contributed by atoms with Crippen LogP contribution in [0.15, 0.2) is 36.4 Å². The van der Waals surface area contributed by atoms with E-state index in [0.29, 0.717) is 6.07 Å². The predicted octanol–water partition coefficient (Wildman–Crippen LogP) is 5.69. The van der Waals surface area contributed by atoms with E-state index in [1.807, 2.05) is 0 Å². The number of imidazole rings is 1. The largest absolute Gasteiger partial charge is 0.418 e. The molecule has 0 fully saturated rings. The van der Waals surface area contributed by atoms with Crippen molar-refractivity contribution in [1.29, 1.82) is 0 Å². The summed E-state index contributed by atoms with van der Waals surface area (Å²) in [5.41, 5.74) is 0.694. The monoisotopic (exact) mass is 497 g/mol. The topological polar surface area (TPSA) is 71.8 Å². The first-order chi connectivity index (χ1) is 15.6. The number of aryl methyl sites for hydroxylation is 1. The van der Waals surface area contributed by atoms with Crippen molar-refractivity contribution < 1.29 is 44.3 Å². The van der Waals surface area contributed by atoms with E-state index in [1.54, 1.807) is 0 Å². The van der Waals surface area contributed by atoms with E-state index in [1.165, 1.54) is 6.07 Å². The number of halogens is 9. The average molecular weight is 497 g/mol. The first-order valence-electron chi connectivity index (χ1n) is 9.67. The third-order valence-corrected chi connectivity index (χ3v) is 5.00. The maximum Gasteiger partial charge on any atom is 0.418 e. The van der Waals surface area contributed by atoms with E-state index < -0.39 is 58.1 Å². The van der Waals surface area contributed by atoms with Gasteiger partial charge < -0.3 is 10.7 Å². The van der Waals surface area contributed by atoms with Gasteiger partial charge in [0.2, 0.25) is 0 Å². The molecule has 1 aromatic heterocycles. The lowest BCUT2D eigenvalue weighted by molar-refractivity contribution is -0.142. The van der Waals surface area contributed by atoms with Crippen molar-refractivity contribution >= 4 is 16.8 Å². The van der Waals surface area contributed by atoms with Gasteiger partial charge in [0.05, 0.1) is 28.2 Å². The van der Waals surface area contributed by atoms with Crippen LogP contribution in [0.5, 0.6) is 0 Å². The molecule has 1 heterocycles. The Labute approximate surface area is 186 Å². The van der Waals surface area contributed by atoms with Gasteiger partial charge in [-0.15, -0.1) is 0 Å². The van der Waals surface area contributed by atoms with Gasteiger partial charge in [-0.05, 0) is 30.2 Å². The van der Waals surface area contributed by atoms with Crippen LogP contribution in [-0.4, -0.2) is 21.8 Å². The van der Waals surface area contributed by atoms with E-state index in [0.717, 1.165) is 18.2 Å². The Balaban J connectivity index is 1.75. The summed E-state index contributed by atoms with van der Waals surface area (Å²) in [6, 6.07) is 3.48. The van der Waals surface area contributed by atoms with Crippen molar-refractivity contribution in [2.45, 2.75) is 43.8 Å². The van der Waals surface area contributed by atoms with E-state index in [-0.39, 0.29) is 36.7 Å². The summed E-state index contributed by atoms with van der Waals surface area (Å²) in [5, 5.41) is 0. The van der Waals surface area contributed by atoms with Crippen molar-refractivity contribution in [3.63, 3.8) is 0 Å². The molecule has 0 aliphatic heterocycles. The number of aromatic nitrogens is 2. The third kappa shape index (κ3) is 5.88. The molecule has 184 valence electrons. The van der Waals surface area contributed by atoms with E-state index in [4.69, 9.17) is 5.73 Å². The van der Waals surface area contributed by atoms with Crippen molar-refractivity contribution in [3.8, 4) is 0 Å². The molecule has 0 radical (unpaired) electrons. The highest BCUT2D eigenvalue weighted by Gasteiger charge is 2.39. The van der Waals surface area contributed by atoms with Crippen LogP contribution in [-0.2, 0) is 36.2 Å². The zero-order valence-corrected chi connectivity index (χ0v) is 17.0. The Morgan fingerprint density at radius 3 is 2.15 bits per heavy atom. The highest BCUT2D eigenvalue weighted by atomic mass is 19.4. The second kappa shape index (κ2) is 8.93. The third-order valence-electron chi connectivity index (χ3n) is 5.00. The number of hydrogen-bond donors (Lipinski definition) is 2. The number of hydrogen-bond acceptors (Lipinski definition) is 3. The molecule has 1 atom stereocenters. The van der Waals surface area contributed by atoms with Crippen molar-refractivity contribution in [2.24, 2.45) is 5.73 Å². The number of nitrogens with one attached hydrogen (secondary N) is 1. The van der Waals surface area contributed by atoms with Gasteiger partial charge in [-0.25, -0.2) is 4.98 Å². The average Bonchev–Trinajstić information content (AvgIpc) is 3.12. The van der Waals surface area contributed by atoms with E-state index in [2.05, 4.69) is 9.97 Å². The van der Waals surface area contributed by atoms with Gasteiger partial charge in [-0.2, -0.15) is 39.5 Å². The number of fused-ring (bicyclic) bond motifs is 1. The van der Waals surface area contributed by atoms with Gasteiger partial charge in [-0.1, -0.05) is 18.2 Å². The predicted molar refractivity (Wildman–Crippen MR) is 103 cm³/mol. The molecule has 0 amide bonds. The fourth-order valence-electron chi connectivity index (χ4n) is 3.34. The van der Waals surface area contributed by atoms with Crippen LogP contribution in [0.3, 0.4) is 0 Å². The summed E-state index contributed by atoms with van der Waals surface area (Å²) in [7, 11) is 0. The van der Waals surface area contributed by atoms with Crippen LogP contribution in [0.1, 0.15) is 34.5 Å². The standard InChI is InChI=1S/C21H16F9N3O/c22-19(23,24)11-3-1-2-10(6-11)7-14(31)16(34)4-5-17-32-15-9-12(20(25,26)27)8-13(18(15)33-17)21(28,29)30/h1-3,6,8-9,14H,4-5,7,31H2,(H,32,33)/t14-/m1/s1. The first-order valence-corrected chi connectivity index (χ1v) is 9.67. The van der Waals surface area contributed by atoms with Crippen LogP contribution in [0, 0.1) is 0 Å². The molecule has 0 aliphatic rings. The van der Waals surface area contributed by atoms with Gasteiger partial charge >= 0.3 is 18.5 Å². The lowest BCUT2D eigenvalue weighted by Gasteiger charge is -2.12. The highest BCUT2D eigenvalue weighted by molar-refractivity contribution is 5.84. The maximum absolute atomic E-state index is 13.3. The van der Waals surface area contributed by atoms with Gasteiger partial charge in [0, 0.05) is 12.8 Å². The number of carbonyl (C=O) groups excluding carboxylic acids is 1. The molecule has 0 unspecified atom stereocenters. The van der Waals surface area contributed by atoms with Crippen LogP contribution in [0.4, 0.5) is 39.5 Å². The fourth-order valence-corrected chi connectivity index (χ4v) is 3.34. The Bertz CT molecular complexity index is 1190. The number of aromatic amines is 1. The van der Waals surface area contributed by atoms with E-state index >= 15 is 0 Å².